The van der Waals surface area contributed by atoms with Gasteiger partial charge >= 0.3 is 0 Å². The molecule has 0 saturated heterocycles. The molecule has 6 aromatic rings. The lowest BCUT2D eigenvalue weighted by Gasteiger charge is -2.19. The SMILES string of the molecule is [2H]C([2H])([2H])c1ccc2c(-c3nc4ccccc4n3-c3ccc(-c4ccc(C(C)(C)C)cc4)cc3)csc2c1. The van der Waals surface area contributed by atoms with Gasteiger partial charge in [0.15, 0.2) is 0 Å². The van der Waals surface area contributed by atoms with Crippen LogP contribution in [0.2, 0.25) is 0 Å². The van der Waals surface area contributed by atoms with Gasteiger partial charge in [-0.2, -0.15) is 0 Å². The summed E-state index contributed by atoms with van der Waals surface area (Å²) in [4.78, 5) is 5.02. The van der Waals surface area contributed by atoms with Gasteiger partial charge in [0.2, 0.25) is 0 Å². The zero-order valence-corrected chi connectivity index (χ0v) is 20.9. The summed E-state index contributed by atoms with van der Waals surface area (Å²) >= 11 is 1.55. The molecule has 172 valence electrons. The van der Waals surface area contributed by atoms with Crippen molar-refractivity contribution in [2.24, 2.45) is 0 Å². The molecule has 0 aliphatic carbocycles. The topological polar surface area (TPSA) is 17.8 Å². The summed E-state index contributed by atoms with van der Waals surface area (Å²) in [5.74, 6) is 0.848. The third kappa shape index (κ3) is 3.86. The Morgan fingerprint density at radius 1 is 0.829 bits per heavy atom. The molecule has 0 spiro atoms. The lowest BCUT2D eigenvalue weighted by Crippen LogP contribution is -2.10. The molecule has 0 saturated carbocycles. The highest BCUT2D eigenvalue weighted by Gasteiger charge is 2.18. The third-order valence-electron chi connectivity index (χ3n) is 6.59. The molecule has 2 nitrogen and oxygen atoms in total. The maximum absolute atomic E-state index is 7.78. The predicted octanol–water partition coefficient (Wildman–Crippen LogP) is 9.18. The molecule has 0 amide bonds. The largest absolute Gasteiger partial charge is 0.292 e. The van der Waals surface area contributed by atoms with Crippen LogP contribution in [0.5, 0.6) is 0 Å². The van der Waals surface area contributed by atoms with E-state index in [1.165, 1.54) is 16.7 Å². The van der Waals surface area contributed by atoms with Crippen molar-refractivity contribution in [1.29, 1.82) is 0 Å². The molecular weight excluding hydrogens is 444 g/mol. The molecule has 0 aliphatic heterocycles. The second-order valence-corrected chi connectivity index (χ2v) is 10.9. The number of aromatic nitrogens is 2. The number of imidazole rings is 1. The summed E-state index contributed by atoms with van der Waals surface area (Å²) in [6.07, 6.45) is 0. The van der Waals surface area contributed by atoms with E-state index in [0.29, 0.717) is 5.56 Å². The number of benzene rings is 4. The minimum absolute atomic E-state index is 0.126. The first kappa shape index (κ1) is 18.6. The van der Waals surface area contributed by atoms with E-state index in [1.54, 1.807) is 23.5 Å². The molecular formula is C32H28N2S. The summed E-state index contributed by atoms with van der Waals surface area (Å²) in [7, 11) is 0. The van der Waals surface area contributed by atoms with Crippen LogP contribution >= 0.6 is 11.3 Å². The molecule has 0 fully saturated rings. The fraction of sp³-hybridized carbons (Fsp3) is 0.156. The van der Waals surface area contributed by atoms with E-state index >= 15 is 0 Å². The molecule has 0 unspecified atom stereocenters. The second-order valence-electron chi connectivity index (χ2n) is 9.99. The maximum Gasteiger partial charge on any atom is 0.147 e. The van der Waals surface area contributed by atoms with Crippen molar-refractivity contribution in [1.82, 2.24) is 9.55 Å². The molecule has 0 bridgehead atoms. The van der Waals surface area contributed by atoms with Gasteiger partial charge in [0, 0.05) is 30.8 Å². The molecule has 2 aromatic heterocycles. The zero-order chi connectivity index (χ0) is 26.7. The number of fused-ring (bicyclic) bond motifs is 2. The van der Waals surface area contributed by atoms with Crippen LogP contribution in [0.25, 0.3) is 49.3 Å². The van der Waals surface area contributed by atoms with Crippen LogP contribution in [0, 0.1) is 6.85 Å². The monoisotopic (exact) mass is 475 g/mol. The van der Waals surface area contributed by atoms with E-state index < -0.39 is 6.85 Å². The van der Waals surface area contributed by atoms with Gasteiger partial charge in [-0.05, 0) is 64.9 Å². The van der Waals surface area contributed by atoms with Crippen molar-refractivity contribution in [3.63, 3.8) is 0 Å². The van der Waals surface area contributed by atoms with Gasteiger partial charge in [-0.3, -0.25) is 4.57 Å². The molecule has 0 atom stereocenters. The van der Waals surface area contributed by atoms with Gasteiger partial charge < -0.3 is 0 Å². The minimum Gasteiger partial charge on any atom is -0.292 e. The molecule has 3 heteroatoms. The molecule has 0 radical (unpaired) electrons. The quantitative estimate of drug-likeness (QED) is 0.249. The van der Waals surface area contributed by atoms with E-state index in [-0.39, 0.29) is 5.41 Å². The molecule has 2 heterocycles. The Kier molecular flexibility index (Phi) is 4.37. The summed E-state index contributed by atoms with van der Waals surface area (Å²) in [6, 6.07) is 31.0. The Bertz CT molecular complexity index is 1770. The second kappa shape index (κ2) is 8.21. The van der Waals surface area contributed by atoms with Crippen molar-refractivity contribution < 1.29 is 4.11 Å². The van der Waals surface area contributed by atoms with Gasteiger partial charge in [0.05, 0.1) is 11.0 Å². The summed E-state index contributed by atoms with van der Waals surface area (Å²) in [5, 5.41) is 3.09. The third-order valence-corrected chi connectivity index (χ3v) is 7.53. The molecule has 0 N–H and O–H groups in total. The van der Waals surface area contributed by atoms with E-state index in [1.807, 2.05) is 24.3 Å². The molecule has 35 heavy (non-hydrogen) atoms. The Balaban J connectivity index is 1.45. The van der Waals surface area contributed by atoms with Crippen LogP contribution in [-0.2, 0) is 5.41 Å². The number of aryl methyl sites for hydroxylation is 1. The zero-order valence-electron chi connectivity index (χ0n) is 23.0. The number of thiophene rings is 1. The Morgan fingerprint density at radius 2 is 1.54 bits per heavy atom. The summed E-state index contributed by atoms with van der Waals surface area (Å²) in [6.45, 7) is 4.56. The highest BCUT2D eigenvalue weighted by molar-refractivity contribution is 7.17. The Labute approximate surface area is 214 Å². The molecule has 4 aromatic carbocycles. The van der Waals surface area contributed by atoms with Gasteiger partial charge in [0.25, 0.3) is 0 Å². The Morgan fingerprint density at radius 3 is 2.26 bits per heavy atom. The molecule has 0 aliphatic rings. The van der Waals surface area contributed by atoms with Gasteiger partial charge in [-0.1, -0.05) is 81.4 Å². The van der Waals surface area contributed by atoms with Crippen molar-refractivity contribution >= 4 is 32.5 Å². The number of hydrogen-bond acceptors (Lipinski definition) is 2. The van der Waals surface area contributed by atoms with Crippen LogP contribution in [0.1, 0.15) is 36.0 Å². The fourth-order valence-electron chi connectivity index (χ4n) is 4.64. The van der Waals surface area contributed by atoms with Gasteiger partial charge in [-0.25, -0.2) is 4.98 Å². The maximum atomic E-state index is 7.78. The summed E-state index contributed by atoms with van der Waals surface area (Å²) < 4.78 is 26.5. The van der Waals surface area contributed by atoms with Crippen LogP contribution in [0.15, 0.2) is 96.4 Å². The first-order valence-electron chi connectivity index (χ1n) is 13.3. The standard InChI is InChI=1S/C32H28N2S/c1-21-9-18-26-27(20-35-30(26)19-21)31-33-28-7-5-6-8-29(28)34(31)25-16-12-23(13-17-25)22-10-14-24(15-11-22)32(2,3)4/h5-20H,1-4H3/i1D3. The van der Waals surface area contributed by atoms with Crippen LogP contribution < -0.4 is 0 Å². The first-order chi connectivity index (χ1) is 18.1. The van der Waals surface area contributed by atoms with Crippen molar-refractivity contribution in [3.05, 3.63) is 108 Å². The smallest absolute Gasteiger partial charge is 0.147 e. The van der Waals surface area contributed by atoms with Crippen molar-refractivity contribution in [3.8, 4) is 28.2 Å². The van der Waals surface area contributed by atoms with Crippen LogP contribution in [-0.4, -0.2) is 9.55 Å². The van der Waals surface area contributed by atoms with Crippen molar-refractivity contribution in [2.45, 2.75) is 33.0 Å². The highest BCUT2D eigenvalue weighted by atomic mass is 32.1. The summed E-state index contributed by atoms with van der Waals surface area (Å²) in [5.41, 5.74) is 8.14. The van der Waals surface area contributed by atoms with E-state index in [2.05, 4.69) is 85.3 Å². The van der Waals surface area contributed by atoms with Gasteiger partial charge in [0.1, 0.15) is 5.82 Å². The highest BCUT2D eigenvalue weighted by Crippen LogP contribution is 2.37. The minimum atomic E-state index is -2.12. The number of rotatable bonds is 3. The van der Waals surface area contributed by atoms with Crippen LogP contribution in [0.4, 0.5) is 0 Å². The predicted molar refractivity (Wildman–Crippen MR) is 151 cm³/mol. The van der Waals surface area contributed by atoms with E-state index in [4.69, 9.17) is 9.10 Å². The molecule has 6 rings (SSSR count). The number of nitrogens with zero attached hydrogens (tertiary/aromatic N) is 2. The number of para-hydroxylation sites is 2. The lowest BCUT2D eigenvalue weighted by atomic mass is 9.86. The van der Waals surface area contributed by atoms with Gasteiger partial charge in [-0.15, -0.1) is 11.3 Å². The van der Waals surface area contributed by atoms with Crippen LogP contribution in [0.3, 0.4) is 0 Å². The first-order valence-corrected chi connectivity index (χ1v) is 12.7. The Hall–Kier alpha value is -3.69. The normalized spacial score (nSPS) is 13.6. The van der Waals surface area contributed by atoms with Crippen molar-refractivity contribution in [2.75, 3.05) is 0 Å². The van der Waals surface area contributed by atoms with E-state index in [0.717, 1.165) is 38.2 Å². The fourth-order valence-corrected chi connectivity index (χ4v) is 5.61. The van der Waals surface area contributed by atoms with E-state index in [9.17, 15) is 0 Å². The number of hydrogen-bond donors (Lipinski definition) is 0. The average molecular weight is 476 g/mol. The average Bonchev–Trinajstić information content (AvgIpc) is 3.49. The lowest BCUT2D eigenvalue weighted by molar-refractivity contribution is 0.590.